The fraction of sp³-hybridized carbons (Fsp3) is 0.429. The van der Waals surface area contributed by atoms with Crippen LogP contribution in [-0.2, 0) is 9.53 Å². The Labute approximate surface area is 127 Å². The number of nitrogens with one attached hydrogen (secondary N) is 1. The van der Waals surface area contributed by atoms with Gasteiger partial charge in [0.25, 0.3) is 0 Å². The summed E-state index contributed by atoms with van der Waals surface area (Å²) in [6, 6.07) is 2.12. The number of halogens is 1. The van der Waals surface area contributed by atoms with Gasteiger partial charge in [0, 0.05) is 6.07 Å². The summed E-state index contributed by atoms with van der Waals surface area (Å²) in [5.41, 5.74) is 4.82. The fourth-order valence-electron chi connectivity index (χ4n) is 1.45. The summed E-state index contributed by atoms with van der Waals surface area (Å²) in [6.45, 7) is 4.57. The molecule has 0 fully saturated rings. The monoisotopic (exact) mass is 314 g/mol. The third kappa shape index (κ3) is 5.86. The molecule has 0 spiro atoms. The first-order valence-corrected chi connectivity index (χ1v) is 6.48. The summed E-state index contributed by atoms with van der Waals surface area (Å²) in [6.07, 6.45) is -0.879. The molecule has 0 aliphatic carbocycles. The summed E-state index contributed by atoms with van der Waals surface area (Å²) in [5, 5.41) is 11.2. The van der Waals surface area contributed by atoms with E-state index >= 15 is 0 Å². The molecule has 1 aromatic rings. The van der Waals surface area contributed by atoms with Crippen molar-refractivity contribution in [1.29, 1.82) is 0 Å². The molecule has 0 aliphatic heterocycles. The standard InChI is InChI=1S/C14H19FN2O5/c1-14(2,3)22-13(20)17-10(12(18)19)7-21-11-5-4-8(15)6-9(11)16/h4-6,10H,7,16H2,1-3H3,(H,17,20)(H,18,19)/t10-/m1/s1. The van der Waals surface area contributed by atoms with Crippen molar-refractivity contribution in [2.75, 3.05) is 12.3 Å². The van der Waals surface area contributed by atoms with Crippen LogP contribution in [0.4, 0.5) is 14.9 Å². The molecule has 7 nitrogen and oxygen atoms in total. The van der Waals surface area contributed by atoms with Gasteiger partial charge in [-0.15, -0.1) is 0 Å². The average molecular weight is 314 g/mol. The van der Waals surface area contributed by atoms with Crippen LogP contribution in [0, 0.1) is 5.82 Å². The van der Waals surface area contributed by atoms with Gasteiger partial charge in [-0.2, -0.15) is 0 Å². The predicted octanol–water partition coefficient (Wildman–Crippen LogP) is 1.76. The number of anilines is 1. The lowest BCUT2D eigenvalue weighted by atomic mass is 10.2. The Balaban J connectivity index is 2.65. The van der Waals surface area contributed by atoms with Crippen molar-refractivity contribution in [2.24, 2.45) is 0 Å². The third-order valence-electron chi connectivity index (χ3n) is 2.37. The van der Waals surface area contributed by atoms with Crippen LogP contribution in [0.5, 0.6) is 5.75 Å². The zero-order valence-electron chi connectivity index (χ0n) is 12.6. The van der Waals surface area contributed by atoms with E-state index in [0.29, 0.717) is 0 Å². The number of benzene rings is 1. The van der Waals surface area contributed by atoms with E-state index in [1.165, 1.54) is 6.07 Å². The highest BCUT2D eigenvalue weighted by molar-refractivity contribution is 5.80. The molecule has 1 aromatic carbocycles. The Bertz CT molecular complexity index is 557. The molecule has 1 atom stereocenters. The van der Waals surface area contributed by atoms with Gasteiger partial charge in [-0.05, 0) is 32.9 Å². The molecule has 0 radical (unpaired) electrons. The number of alkyl carbamates (subject to hydrolysis) is 1. The van der Waals surface area contributed by atoms with E-state index in [1.54, 1.807) is 20.8 Å². The van der Waals surface area contributed by atoms with Crippen LogP contribution in [-0.4, -0.2) is 35.4 Å². The highest BCUT2D eigenvalue weighted by Gasteiger charge is 2.24. The van der Waals surface area contributed by atoms with Gasteiger partial charge in [0.2, 0.25) is 0 Å². The molecule has 0 saturated carbocycles. The molecule has 1 amide bonds. The van der Waals surface area contributed by atoms with Crippen molar-refractivity contribution < 1.29 is 28.6 Å². The van der Waals surface area contributed by atoms with Gasteiger partial charge in [-0.1, -0.05) is 0 Å². The van der Waals surface area contributed by atoms with E-state index in [-0.39, 0.29) is 18.0 Å². The van der Waals surface area contributed by atoms with Crippen LogP contribution >= 0.6 is 0 Å². The van der Waals surface area contributed by atoms with Crippen LogP contribution in [0.3, 0.4) is 0 Å². The zero-order valence-corrected chi connectivity index (χ0v) is 12.6. The minimum atomic E-state index is -1.33. The Kier molecular flexibility index (Phi) is 5.56. The molecule has 0 saturated heterocycles. The summed E-state index contributed by atoms with van der Waals surface area (Å²) >= 11 is 0. The number of hydrogen-bond donors (Lipinski definition) is 3. The number of nitrogen functional groups attached to an aromatic ring is 1. The Morgan fingerprint density at radius 1 is 1.41 bits per heavy atom. The first-order chi connectivity index (χ1) is 10.1. The number of carboxylic acids is 1. The number of ether oxygens (including phenoxy) is 2. The summed E-state index contributed by atoms with van der Waals surface area (Å²) < 4.78 is 23.1. The first-order valence-electron chi connectivity index (χ1n) is 6.48. The van der Waals surface area contributed by atoms with E-state index in [1.807, 2.05) is 0 Å². The number of carboxylic acid groups (broad SMARTS) is 1. The number of rotatable bonds is 5. The van der Waals surface area contributed by atoms with E-state index < -0.39 is 29.5 Å². The van der Waals surface area contributed by atoms with Crippen molar-refractivity contribution >= 4 is 17.7 Å². The lowest BCUT2D eigenvalue weighted by Crippen LogP contribution is -2.46. The minimum Gasteiger partial charge on any atom is -0.489 e. The van der Waals surface area contributed by atoms with E-state index in [9.17, 15) is 14.0 Å². The Morgan fingerprint density at radius 3 is 2.55 bits per heavy atom. The molecule has 4 N–H and O–H groups in total. The van der Waals surface area contributed by atoms with Gasteiger partial charge < -0.3 is 25.6 Å². The summed E-state index contributed by atoms with van der Waals surface area (Å²) in [7, 11) is 0. The molecule has 0 aliphatic rings. The lowest BCUT2D eigenvalue weighted by molar-refractivity contribution is -0.140. The topological polar surface area (TPSA) is 111 Å². The van der Waals surface area contributed by atoms with Crippen LogP contribution in [0.15, 0.2) is 18.2 Å². The highest BCUT2D eigenvalue weighted by Crippen LogP contribution is 2.21. The number of carbonyl (C=O) groups excluding carboxylic acids is 1. The first kappa shape index (κ1) is 17.5. The summed E-state index contributed by atoms with van der Waals surface area (Å²) in [4.78, 5) is 22.7. The SMILES string of the molecule is CC(C)(C)OC(=O)N[C@H](COc1ccc(F)cc1N)C(=O)O. The third-order valence-corrected chi connectivity index (χ3v) is 2.37. The maximum atomic E-state index is 12.9. The number of carbonyl (C=O) groups is 2. The molecule has 0 heterocycles. The van der Waals surface area contributed by atoms with Crippen molar-refractivity contribution in [3.05, 3.63) is 24.0 Å². The highest BCUT2D eigenvalue weighted by atomic mass is 19.1. The Morgan fingerprint density at radius 2 is 2.05 bits per heavy atom. The maximum Gasteiger partial charge on any atom is 0.408 e. The smallest absolute Gasteiger partial charge is 0.408 e. The van der Waals surface area contributed by atoms with Crippen molar-refractivity contribution in [1.82, 2.24) is 5.32 Å². The van der Waals surface area contributed by atoms with Gasteiger partial charge >= 0.3 is 12.1 Å². The van der Waals surface area contributed by atoms with Gasteiger partial charge in [0.15, 0.2) is 6.04 Å². The number of amides is 1. The number of aliphatic carboxylic acids is 1. The van der Waals surface area contributed by atoms with Gasteiger partial charge in [-0.3, -0.25) is 0 Å². The van der Waals surface area contributed by atoms with Crippen LogP contribution in [0.2, 0.25) is 0 Å². The van der Waals surface area contributed by atoms with E-state index in [0.717, 1.165) is 12.1 Å². The van der Waals surface area contributed by atoms with Gasteiger partial charge in [0.1, 0.15) is 23.8 Å². The Hall–Kier alpha value is -2.51. The molecular formula is C14H19FN2O5. The maximum absolute atomic E-state index is 12.9. The second-order valence-electron chi connectivity index (χ2n) is 5.53. The second kappa shape index (κ2) is 6.97. The lowest BCUT2D eigenvalue weighted by Gasteiger charge is -2.22. The molecule has 8 heteroatoms. The number of nitrogens with two attached hydrogens (primary N) is 1. The molecule has 1 rings (SSSR count). The van der Waals surface area contributed by atoms with Crippen molar-refractivity contribution in [3.8, 4) is 5.75 Å². The molecule has 0 bridgehead atoms. The fourth-order valence-corrected chi connectivity index (χ4v) is 1.45. The molecular weight excluding hydrogens is 295 g/mol. The van der Waals surface area contributed by atoms with Crippen LogP contribution in [0.1, 0.15) is 20.8 Å². The molecule has 0 aromatic heterocycles. The van der Waals surface area contributed by atoms with E-state index in [2.05, 4.69) is 5.32 Å². The van der Waals surface area contributed by atoms with Crippen molar-refractivity contribution in [3.63, 3.8) is 0 Å². The van der Waals surface area contributed by atoms with Crippen LogP contribution in [0.25, 0.3) is 0 Å². The average Bonchev–Trinajstić information content (AvgIpc) is 2.33. The molecule has 22 heavy (non-hydrogen) atoms. The van der Waals surface area contributed by atoms with Crippen molar-refractivity contribution in [2.45, 2.75) is 32.4 Å². The quantitative estimate of drug-likeness (QED) is 0.714. The van der Waals surface area contributed by atoms with E-state index in [4.69, 9.17) is 20.3 Å². The molecule has 0 unspecified atom stereocenters. The largest absolute Gasteiger partial charge is 0.489 e. The van der Waals surface area contributed by atoms with Gasteiger partial charge in [-0.25, -0.2) is 14.0 Å². The minimum absolute atomic E-state index is 0.0291. The van der Waals surface area contributed by atoms with Gasteiger partial charge in [0.05, 0.1) is 5.69 Å². The number of hydrogen-bond acceptors (Lipinski definition) is 5. The summed E-state index contributed by atoms with van der Waals surface area (Å²) in [5.74, 6) is -1.71. The zero-order chi connectivity index (χ0) is 16.9. The van der Waals surface area contributed by atoms with Crippen LogP contribution < -0.4 is 15.8 Å². The normalized spacial score (nSPS) is 12.4. The molecule has 122 valence electrons. The predicted molar refractivity (Wildman–Crippen MR) is 77.1 cm³/mol. The second-order valence-corrected chi connectivity index (χ2v) is 5.53.